The van der Waals surface area contributed by atoms with Crippen LogP contribution >= 0.6 is 0 Å². The molecule has 1 spiro atoms. The zero-order valence-corrected chi connectivity index (χ0v) is 12.8. The van der Waals surface area contributed by atoms with Gasteiger partial charge in [-0.25, -0.2) is 0 Å². The number of benzene rings is 1. The Kier molecular flexibility index (Phi) is 2.81. The summed E-state index contributed by atoms with van der Waals surface area (Å²) >= 11 is 0. The van der Waals surface area contributed by atoms with Crippen LogP contribution in [0.1, 0.15) is 37.8 Å². The van der Waals surface area contributed by atoms with E-state index in [1.807, 2.05) is 38.1 Å². The molecular formula is C18H19O4. The van der Waals surface area contributed by atoms with Crippen LogP contribution in [0.2, 0.25) is 0 Å². The third-order valence-corrected chi connectivity index (χ3v) is 4.53. The molecule has 1 fully saturated rings. The van der Waals surface area contributed by atoms with E-state index in [-0.39, 0.29) is 17.5 Å². The van der Waals surface area contributed by atoms with Crippen molar-refractivity contribution in [2.45, 2.75) is 44.2 Å². The van der Waals surface area contributed by atoms with E-state index in [0.717, 1.165) is 17.5 Å². The van der Waals surface area contributed by atoms with Crippen LogP contribution in [0.3, 0.4) is 0 Å². The first kappa shape index (κ1) is 14.0. The molecule has 115 valence electrons. The van der Waals surface area contributed by atoms with Crippen molar-refractivity contribution in [1.82, 2.24) is 0 Å². The van der Waals surface area contributed by atoms with Crippen molar-refractivity contribution in [3.05, 3.63) is 47.9 Å². The minimum atomic E-state index is -1.34. The van der Waals surface area contributed by atoms with E-state index >= 15 is 0 Å². The number of rotatable bonds is 0. The lowest BCUT2D eigenvalue weighted by molar-refractivity contribution is -0.186. The molecular weight excluding hydrogens is 280 g/mol. The van der Waals surface area contributed by atoms with Crippen LogP contribution in [-0.4, -0.2) is 24.1 Å². The van der Waals surface area contributed by atoms with Crippen molar-refractivity contribution in [2.24, 2.45) is 0 Å². The molecule has 0 bridgehead atoms. The van der Waals surface area contributed by atoms with E-state index in [1.54, 1.807) is 0 Å². The van der Waals surface area contributed by atoms with Gasteiger partial charge >= 0.3 is 0 Å². The standard InChI is InChI=1S/C18H19O4/c1-11-10-20-18(21-11)14-7-5-4-6-12(14)15-13(16(18)19)8-9-17(2,3)22-15/h4-7,11H,1,8-10H2,2-3H3. The minimum Gasteiger partial charge on any atom is -0.487 e. The summed E-state index contributed by atoms with van der Waals surface area (Å²) in [5.41, 5.74) is 2.01. The molecule has 3 aliphatic rings. The Bertz CT molecular complexity index is 688. The second kappa shape index (κ2) is 4.43. The van der Waals surface area contributed by atoms with Gasteiger partial charge in [0.25, 0.3) is 5.79 Å². The first-order valence-corrected chi connectivity index (χ1v) is 7.65. The van der Waals surface area contributed by atoms with Crippen LogP contribution < -0.4 is 0 Å². The highest BCUT2D eigenvalue weighted by atomic mass is 16.7. The number of ether oxygens (including phenoxy) is 3. The fraction of sp³-hybridized carbons (Fsp3) is 0.444. The maximum absolute atomic E-state index is 13.1. The van der Waals surface area contributed by atoms with Crippen LogP contribution in [0.4, 0.5) is 0 Å². The predicted molar refractivity (Wildman–Crippen MR) is 80.6 cm³/mol. The highest BCUT2D eigenvalue weighted by Gasteiger charge is 2.55. The molecule has 0 saturated carbocycles. The average molecular weight is 299 g/mol. The van der Waals surface area contributed by atoms with E-state index in [0.29, 0.717) is 24.4 Å². The third kappa shape index (κ3) is 1.80. The molecule has 2 heterocycles. The zero-order chi connectivity index (χ0) is 15.5. The third-order valence-electron chi connectivity index (χ3n) is 4.53. The maximum Gasteiger partial charge on any atom is 0.262 e. The normalized spacial score (nSPS) is 32.7. The van der Waals surface area contributed by atoms with Gasteiger partial charge in [0.2, 0.25) is 5.78 Å². The first-order valence-electron chi connectivity index (χ1n) is 7.65. The Balaban J connectivity index is 1.93. The van der Waals surface area contributed by atoms with Crippen LogP contribution in [-0.2, 0) is 24.8 Å². The Hall–Kier alpha value is -1.65. The van der Waals surface area contributed by atoms with Gasteiger partial charge in [0, 0.05) is 16.7 Å². The quantitative estimate of drug-likeness (QED) is 0.739. The number of hydrogen-bond acceptors (Lipinski definition) is 4. The van der Waals surface area contributed by atoms with Gasteiger partial charge in [-0.2, -0.15) is 0 Å². The van der Waals surface area contributed by atoms with Crippen molar-refractivity contribution in [2.75, 3.05) is 6.61 Å². The van der Waals surface area contributed by atoms with Crippen molar-refractivity contribution in [3.63, 3.8) is 0 Å². The Labute approximate surface area is 130 Å². The second-order valence-electron chi connectivity index (χ2n) is 6.71. The first-order chi connectivity index (χ1) is 10.4. The number of carbonyl (C=O) groups is 1. The number of carbonyl (C=O) groups excluding carboxylic acids is 1. The van der Waals surface area contributed by atoms with Crippen LogP contribution in [0.5, 0.6) is 0 Å². The highest BCUT2D eigenvalue weighted by Crippen LogP contribution is 2.49. The van der Waals surface area contributed by atoms with Gasteiger partial charge in [0.05, 0.1) is 12.7 Å². The van der Waals surface area contributed by atoms with Gasteiger partial charge in [-0.1, -0.05) is 24.3 Å². The van der Waals surface area contributed by atoms with Gasteiger partial charge in [0.1, 0.15) is 11.4 Å². The molecule has 4 heteroatoms. The molecule has 2 unspecified atom stereocenters. The summed E-state index contributed by atoms with van der Waals surface area (Å²) in [6.45, 7) is 8.28. The molecule has 0 aromatic heterocycles. The molecule has 1 aliphatic carbocycles. The summed E-state index contributed by atoms with van der Waals surface area (Å²) in [5, 5.41) is 0. The predicted octanol–water partition coefficient (Wildman–Crippen LogP) is 2.97. The summed E-state index contributed by atoms with van der Waals surface area (Å²) in [4.78, 5) is 13.1. The number of ketones is 1. The van der Waals surface area contributed by atoms with Crippen molar-refractivity contribution in [1.29, 1.82) is 0 Å². The van der Waals surface area contributed by atoms with Crippen LogP contribution in [0.25, 0.3) is 5.76 Å². The topological polar surface area (TPSA) is 44.8 Å². The largest absolute Gasteiger partial charge is 0.487 e. The van der Waals surface area contributed by atoms with Gasteiger partial charge in [-0.3, -0.25) is 4.79 Å². The Morgan fingerprint density at radius 1 is 1.27 bits per heavy atom. The maximum atomic E-state index is 13.1. The van der Waals surface area contributed by atoms with Crippen LogP contribution in [0, 0.1) is 6.92 Å². The fourth-order valence-corrected chi connectivity index (χ4v) is 3.43. The van der Waals surface area contributed by atoms with E-state index in [4.69, 9.17) is 14.2 Å². The van der Waals surface area contributed by atoms with E-state index in [9.17, 15) is 4.79 Å². The van der Waals surface area contributed by atoms with Crippen LogP contribution in [0.15, 0.2) is 29.8 Å². The van der Waals surface area contributed by atoms with Gasteiger partial charge in [-0.15, -0.1) is 0 Å². The molecule has 1 radical (unpaired) electrons. The summed E-state index contributed by atoms with van der Waals surface area (Å²) < 4.78 is 17.8. The Morgan fingerprint density at radius 3 is 2.77 bits per heavy atom. The molecule has 0 amide bonds. The van der Waals surface area contributed by atoms with Gasteiger partial charge < -0.3 is 14.2 Å². The second-order valence-corrected chi connectivity index (χ2v) is 6.71. The molecule has 4 nitrogen and oxygen atoms in total. The summed E-state index contributed by atoms with van der Waals surface area (Å²) in [5.74, 6) is -0.794. The zero-order valence-electron chi connectivity index (χ0n) is 12.8. The van der Waals surface area contributed by atoms with Gasteiger partial charge in [0.15, 0.2) is 0 Å². The molecule has 1 saturated heterocycles. The monoisotopic (exact) mass is 299 g/mol. The summed E-state index contributed by atoms with van der Waals surface area (Å²) in [6, 6.07) is 7.66. The molecule has 1 aromatic rings. The Morgan fingerprint density at radius 2 is 2.05 bits per heavy atom. The number of Topliss-reactive ketones (excluding diaryl/α,β-unsaturated/α-hetero) is 1. The van der Waals surface area contributed by atoms with Crippen molar-refractivity contribution >= 4 is 11.5 Å². The lowest BCUT2D eigenvalue weighted by Crippen LogP contribution is -2.45. The summed E-state index contributed by atoms with van der Waals surface area (Å²) in [6.07, 6.45) is 1.12. The van der Waals surface area contributed by atoms with E-state index in [1.165, 1.54) is 0 Å². The number of fused-ring (bicyclic) bond motifs is 3. The smallest absolute Gasteiger partial charge is 0.262 e. The van der Waals surface area contributed by atoms with E-state index < -0.39 is 5.79 Å². The lowest BCUT2D eigenvalue weighted by Gasteiger charge is -2.41. The van der Waals surface area contributed by atoms with Crippen molar-refractivity contribution in [3.8, 4) is 0 Å². The minimum absolute atomic E-state index is 0.136. The average Bonchev–Trinajstić information content (AvgIpc) is 2.88. The fourth-order valence-electron chi connectivity index (χ4n) is 3.43. The van der Waals surface area contributed by atoms with E-state index in [2.05, 4.69) is 6.92 Å². The SMILES string of the molecule is [CH2]C1COC2(O1)C(=O)C1=C(OC(C)(C)CC1)c1ccccc12. The summed E-state index contributed by atoms with van der Waals surface area (Å²) in [7, 11) is 0. The molecule has 0 N–H and O–H groups in total. The molecule has 2 aliphatic heterocycles. The van der Waals surface area contributed by atoms with Crippen molar-refractivity contribution < 1.29 is 19.0 Å². The molecule has 4 rings (SSSR count). The molecule has 2 atom stereocenters. The number of hydrogen-bond donors (Lipinski definition) is 0. The highest BCUT2D eigenvalue weighted by molar-refractivity contribution is 6.10. The molecule has 1 aromatic carbocycles. The molecule has 22 heavy (non-hydrogen) atoms. The van der Waals surface area contributed by atoms with Gasteiger partial charge in [-0.05, 0) is 33.6 Å². The lowest BCUT2D eigenvalue weighted by atomic mass is 9.79.